The Morgan fingerprint density at radius 1 is 1.10 bits per heavy atom. The molecule has 3 heterocycles. The quantitative estimate of drug-likeness (QED) is 0.758. The average molecular weight is 434 g/mol. The molecule has 3 aliphatic rings. The molecule has 3 atom stereocenters. The van der Waals surface area contributed by atoms with Crippen molar-refractivity contribution in [3.63, 3.8) is 0 Å². The maximum atomic E-state index is 13.0. The molecule has 3 fully saturated rings. The Morgan fingerprint density at radius 3 is 2.47 bits per heavy atom. The third-order valence-electron chi connectivity index (χ3n) is 6.66. The first-order valence-corrected chi connectivity index (χ1v) is 12.8. The number of amides is 2. The Morgan fingerprint density at radius 2 is 1.80 bits per heavy atom. The predicted octanol–water partition coefficient (Wildman–Crippen LogP) is 1.37. The molecule has 0 spiro atoms. The lowest BCUT2D eigenvalue weighted by atomic mass is 10.0. The van der Waals surface area contributed by atoms with Gasteiger partial charge < -0.3 is 10.2 Å². The van der Waals surface area contributed by atoms with Crippen molar-refractivity contribution in [1.29, 1.82) is 0 Å². The number of nitrogens with zero attached hydrogens (tertiary/aromatic N) is 2. The van der Waals surface area contributed by atoms with Crippen LogP contribution in [-0.2, 0) is 25.8 Å². The molecular formula is C22H31N3O4S. The van der Waals surface area contributed by atoms with Gasteiger partial charge in [-0.3, -0.25) is 14.5 Å². The molecular weight excluding hydrogens is 402 g/mol. The van der Waals surface area contributed by atoms with Crippen LogP contribution >= 0.6 is 0 Å². The number of piperidine rings is 1. The fourth-order valence-corrected chi connectivity index (χ4v) is 6.87. The molecule has 1 aromatic carbocycles. The lowest BCUT2D eigenvalue weighted by molar-refractivity contribution is -0.127. The second-order valence-corrected chi connectivity index (χ2v) is 10.9. The molecule has 3 unspecified atom stereocenters. The molecule has 0 aliphatic carbocycles. The van der Waals surface area contributed by atoms with Crippen molar-refractivity contribution in [2.75, 3.05) is 36.0 Å². The summed E-state index contributed by atoms with van der Waals surface area (Å²) >= 11 is 0. The molecule has 30 heavy (non-hydrogen) atoms. The van der Waals surface area contributed by atoms with Crippen molar-refractivity contribution in [2.24, 2.45) is 5.92 Å². The van der Waals surface area contributed by atoms with E-state index in [1.165, 1.54) is 12.0 Å². The number of anilines is 1. The van der Waals surface area contributed by atoms with Crippen LogP contribution < -0.4 is 10.2 Å². The summed E-state index contributed by atoms with van der Waals surface area (Å²) in [5.74, 6) is -0.625. The smallest absolute Gasteiger partial charge is 0.227 e. The standard InChI is InChI=1S/C22H31N3O4S/c1-2-16-6-8-18(9-7-16)25-13-17(12-21(25)26)22(27)23-19-14-30(28,29)15-20(19)24-10-4-3-5-11-24/h6-9,17,19-20H,2-5,10-15H2,1H3,(H,23,27). The van der Waals surface area contributed by atoms with E-state index in [1.54, 1.807) is 4.90 Å². The van der Waals surface area contributed by atoms with Crippen molar-refractivity contribution in [2.45, 2.75) is 51.1 Å². The van der Waals surface area contributed by atoms with E-state index in [2.05, 4.69) is 17.1 Å². The van der Waals surface area contributed by atoms with Gasteiger partial charge in [-0.1, -0.05) is 25.5 Å². The van der Waals surface area contributed by atoms with Crippen LogP contribution in [0, 0.1) is 5.92 Å². The minimum absolute atomic E-state index is 0.0111. The fourth-order valence-electron chi connectivity index (χ4n) is 4.92. The molecule has 2 amide bonds. The number of nitrogens with one attached hydrogen (secondary N) is 1. The van der Waals surface area contributed by atoms with Crippen molar-refractivity contribution < 1.29 is 18.0 Å². The average Bonchev–Trinajstić information content (AvgIpc) is 3.28. The van der Waals surface area contributed by atoms with E-state index in [0.717, 1.165) is 38.0 Å². The van der Waals surface area contributed by atoms with Crippen molar-refractivity contribution >= 4 is 27.3 Å². The summed E-state index contributed by atoms with van der Waals surface area (Å²) in [7, 11) is -3.17. The molecule has 1 N–H and O–H groups in total. The highest BCUT2D eigenvalue weighted by Crippen LogP contribution is 2.27. The number of likely N-dealkylation sites (tertiary alicyclic amines) is 1. The van der Waals surface area contributed by atoms with Gasteiger partial charge in [-0.2, -0.15) is 0 Å². The van der Waals surface area contributed by atoms with Crippen molar-refractivity contribution in [3.8, 4) is 0 Å². The van der Waals surface area contributed by atoms with E-state index < -0.39 is 21.8 Å². The third-order valence-corrected chi connectivity index (χ3v) is 8.38. The van der Waals surface area contributed by atoms with Crippen molar-refractivity contribution in [3.05, 3.63) is 29.8 Å². The normalized spacial score (nSPS) is 29.3. The molecule has 0 aromatic heterocycles. The van der Waals surface area contributed by atoms with E-state index in [-0.39, 0.29) is 35.8 Å². The Bertz CT molecular complexity index is 893. The summed E-state index contributed by atoms with van der Waals surface area (Å²) in [5.41, 5.74) is 2.01. The number of hydrogen-bond acceptors (Lipinski definition) is 5. The summed E-state index contributed by atoms with van der Waals surface area (Å²) < 4.78 is 24.6. The highest BCUT2D eigenvalue weighted by Gasteiger charge is 2.44. The van der Waals surface area contributed by atoms with Crippen LogP contribution in [0.2, 0.25) is 0 Å². The topological polar surface area (TPSA) is 86.8 Å². The Kier molecular flexibility index (Phi) is 6.16. The zero-order valence-corrected chi connectivity index (χ0v) is 18.4. The zero-order chi connectivity index (χ0) is 21.3. The molecule has 0 radical (unpaired) electrons. The molecule has 0 saturated carbocycles. The minimum atomic E-state index is -3.17. The SMILES string of the molecule is CCc1ccc(N2CC(C(=O)NC3CS(=O)(=O)CC3N3CCCCC3)CC2=O)cc1. The van der Waals surface area contributed by atoms with Crippen LogP contribution in [0.25, 0.3) is 0 Å². The molecule has 7 nitrogen and oxygen atoms in total. The van der Waals surface area contributed by atoms with Crippen molar-refractivity contribution in [1.82, 2.24) is 10.2 Å². The van der Waals surface area contributed by atoms with Gasteiger partial charge in [0.15, 0.2) is 9.84 Å². The van der Waals surface area contributed by atoms with E-state index in [0.29, 0.717) is 6.54 Å². The number of carbonyl (C=O) groups is 2. The summed E-state index contributed by atoms with van der Waals surface area (Å²) in [4.78, 5) is 29.4. The van der Waals surface area contributed by atoms with Crippen LogP contribution in [0.5, 0.6) is 0 Å². The van der Waals surface area contributed by atoms with E-state index in [1.807, 2.05) is 24.3 Å². The van der Waals surface area contributed by atoms with Crippen LogP contribution in [0.1, 0.15) is 38.2 Å². The van der Waals surface area contributed by atoms with Gasteiger partial charge in [0.1, 0.15) is 0 Å². The summed E-state index contributed by atoms with van der Waals surface area (Å²) in [6.07, 6.45) is 4.41. The molecule has 0 bridgehead atoms. The number of benzene rings is 1. The predicted molar refractivity (Wildman–Crippen MR) is 116 cm³/mol. The first kappa shape index (κ1) is 21.3. The number of aryl methyl sites for hydroxylation is 1. The Labute approximate surface area is 178 Å². The van der Waals surface area contributed by atoms with Crippen LogP contribution in [0.3, 0.4) is 0 Å². The monoisotopic (exact) mass is 433 g/mol. The highest BCUT2D eigenvalue weighted by atomic mass is 32.2. The molecule has 3 aliphatic heterocycles. The highest BCUT2D eigenvalue weighted by molar-refractivity contribution is 7.91. The van der Waals surface area contributed by atoms with Gasteiger partial charge >= 0.3 is 0 Å². The van der Waals surface area contributed by atoms with Crippen LogP contribution in [-0.4, -0.2) is 68.4 Å². The number of hydrogen-bond donors (Lipinski definition) is 1. The first-order valence-electron chi connectivity index (χ1n) is 11.0. The summed E-state index contributed by atoms with van der Waals surface area (Å²) in [6.45, 7) is 4.19. The number of rotatable bonds is 5. The summed E-state index contributed by atoms with van der Waals surface area (Å²) in [6, 6.07) is 7.30. The van der Waals surface area contributed by atoms with Gasteiger partial charge in [-0.25, -0.2) is 8.42 Å². The fraction of sp³-hybridized carbons (Fsp3) is 0.636. The van der Waals surface area contributed by atoms with Gasteiger partial charge in [0.2, 0.25) is 11.8 Å². The van der Waals surface area contributed by atoms with Gasteiger partial charge in [-0.15, -0.1) is 0 Å². The molecule has 8 heteroatoms. The van der Waals surface area contributed by atoms with E-state index in [9.17, 15) is 18.0 Å². The third kappa shape index (κ3) is 4.54. The van der Waals surface area contributed by atoms with Gasteiger partial charge in [0.25, 0.3) is 0 Å². The molecule has 3 saturated heterocycles. The minimum Gasteiger partial charge on any atom is -0.350 e. The summed E-state index contributed by atoms with van der Waals surface area (Å²) in [5, 5.41) is 3.00. The van der Waals surface area contributed by atoms with Gasteiger partial charge in [0.05, 0.1) is 23.5 Å². The number of sulfone groups is 1. The second kappa shape index (κ2) is 8.67. The first-order chi connectivity index (χ1) is 14.4. The molecule has 1 aromatic rings. The second-order valence-electron chi connectivity index (χ2n) is 8.78. The van der Waals surface area contributed by atoms with E-state index in [4.69, 9.17) is 0 Å². The molecule has 4 rings (SSSR count). The van der Waals surface area contributed by atoms with Crippen LogP contribution in [0.4, 0.5) is 5.69 Å². The van der Waals surface area contributed by atoms with E-state index >= 15 is 0 Å². The lowest BCUT2D eigenvalue weighted by Crippen LogP contribution is -2.53. The zero-order valence-electron chi connectivity index (χ0n) is 17.5. The largest absolute Gasteiger partial charge is 0.350 e. The maximum absolute atomic E-state index is 13.0. The molecule has 164 valence electrons. The maximum Gasteiger partial charge on any atom is 0.227 e. The lowest BCUT2D eigenvalue weighted by Gasteiger charge is -2.35. The Balaban J connectivity index is 1.42. The number of carbonyl (C=O) groups excluding carboxylic acids is 2. The van der Waals surface area contributed by atoms with Gasteiger partial charge in [-0.05, 0) is 50.0 Å². The van der Waals surface area contributed by atoms with Crippen LogP contribution in [0.15, 0.2) is 24.3 Å². The Hall–Kier alpha value is -1.93. The van der Waals surface area contributed by atoms with Gasteiger partial charge in [0, 0.05) is 24.7 Å².